The van der Waals surface area contributed by atoms with Gasteiger partial charge in [-0.3, -0.25) is 4.79 Å². The third-order valence-corrected chi connectivity index (χ3v) is 6.76. The minimum Gasteiger partial charge on any atom is -0.489 e. The van der Waals surface area contributed by atoms with Crippen molar-refractivity contribution in [1.29, 1.82) is 0 Å². The molecule has 31 heavy (non-hydrogen) atoms. The number of amides is 1. The first-order valence-electron chi connectivity index (χ1n) is 11.8. The van der Waals surface area contributed by atoms with Crippen LogP contribution in [0.2, 0.25) is 0 Å². The summed E-state index contributed by atoms with van der Waals surface area (Å²) in [6.45, 7) is 9.08. The van der Waals surface area contributed by atoms with E-state index in [4.69, 9.17) is 9.26 Å². The Morgan fingerprint density at radius 1 is 1.10 bits per heavy atom. The van der Waals surface area contributed by atoms with Gasteiger partial charge in [-0.1, -0.05) is 30.5 Å². The molecule has 1 aromatic heterocycles. The van der Waals surface area contributed by atoms with Crippen molar-refractivity contribution in [2.45, 2.75) is 59.0 Å². The number of hydrogen-bond acceptors (Lipinski definition) is 5. The molecule has 1 aliphatic carbocycles. The lowest BCUT2D eigenvalue weighted by Gasteiger charge is -2.28. The Balaban J connectivity index is 1.33. The van der Waals surface area contributed by atoms with E-state index in [0.717, 1.165) is 55.5 Å². The van der Waals surface area contributed by atoms with Gasteiger partial charge in [0.2, 0.25) is 0 Å². The second kappa shape index (κ2) is 10.3. The molecule has 0 radical (unpaired) electrons. The quantitative estimate of drug-likeness (QED) is 0.677. The molecule has 1 saturated carbocycles. The molecule has 0 bridgehead atoms. The highest BCUT2D eigenvalue weighted by Gasteiger charge is 2.23. The number of benzene rings is 1. The van der Waals surface area contributed by atoms with Crippen LogP contribution in [0.4, 0.5) is 0 Å². The van der Waals surface area contributed by atoms with Crippen LogP contribution in [-0.4, -0.2) is 53.6 Å². The smallest absolute Gasteiger partial charge is 0.254 e. The summed E-state index contributed by atoms with van der Waals surface area (Å²) >= 11 is 0. The molecule has 0 atom stereocenters. The van der Waals surface area contributed by atoms with Crippen molar-refractivity contribution in [3.63, 3.8) is 0 Å². The van der Waals surface area contributed by atoms with Gasteiger partial charge in [-0.25, -0.2) is 0 Å². The SMILES string of the molecule is Cc1noc(C)c1COc1cccc(C(=O)N2CCCN(CC3CCCCC3)CC2)c1. The summed E-state index contributed by atoms with van der Waals surface area (Å²) in [5, 5.41) is 3.97. The molecule has 2 fully saturated rings. The molecule has 0 spiro atoms. The summed E-state index contributed by atoms with van der Waals surface area (Å²) < 4.78 is 11.1. The third kappa shape index (κ3) is 5.67. The van der Waals surface area contributed by atoms with Gasteiger partial charge < -0.3 is 19.1 Å². The van der Waals surface area contributed by atoms with Gasteiger partial charge in [0.1, 0.15) is 18.1 Å². The number of nitrogens with zero attached hydrogens (tertiary/aromatic N) is 3. The molecular weight excluding hydrogens is 390 g/mol. The van der Waals surface area contributed by atoms with Crippen molar-refractivity contribution >= 4 is 5.91 Å². The maximum atomic E-state index is 13.2. The molecule has 0 unspecified atom stereocenters. The topological polar surface area (TPSA) is 58.8 Å². The zero-order valence-corrected chi connectivity index (χ0v) is 18.9. The molecular formula is C25H35N3O3. The molecule has 1 amide bonds. The fourth-order valence-corrected chi connectivity index (χ4v) is 4.86. The first-order chi connectivity index (χ1) is 15.1. The molecule has 6 heteroatoms. The maximum Gasteiger partial charge on any atom is 0.254 e. The molecule has 4 rings (SSSR count). The van der Waals surface area contributed by atoms with Crippen LogP contribution in [-0.2, 0) is 6.61 Å². The predicted octanol–water partition coefficient (Wildman–Crippen LogP) is 4.60. The second-order valence-corrected chi connectivity index (χ2v) is 9.07. The van der Waals surface area contributed by atoms with Gasteiger partial charge in [-0.2, -0.15) is 0 Å². The number of hydrogen-bond donors (Lipinski definition) is 0. The fraction of sp³-hybridized carbons (Fsp3) is 0.600. The van der Waals surface area contributed by atoms with Gasteiger partial charge in [0.25, 0.3) is 5.91 Å². The zero-order chi connectivity index (χ0) is 21.6. The van der Waals surface area contributed by atoms with Crippen molar-refractivity contribution < 1.29 is 14.1 Å². The highest BCUT2D eigenvalue weighted by molar-refractivity contribution is 5.94. The minimum absolute atomic E-state index is 0.0994. The van der Waals surface area contributed by atoms with E-state index in [2.05, 4.69) is 10.1 Å². The predicted molar refractivity (Wildman–Crippen MR) is 120 cm³/mol. The van der Waals surface area contributed by atoms with Crippen molar-refractivity contribution in [3.05, 3.63) is 46.8 Å². The lowest BCUT2D eigenvalue weighted by Crippen LogP contribution is -2.36. The van der Waals surface area contributed by atoms with Crippen molar-refractivity contribution in [2.24, 2.45) is 5.92 Å². The van der Waals surface area contributed by atoms with Crippen molar-refractivity contribution in [3.8, 4) is 5.75 Å². The van der Waals surface area contributed by atoms with Crippen LogP contribution in [0.15, 0.2) is 28.8 Å². The number of rotatable bonds is 6. The number of aryl methyl sites for hydroxylation is 2. The molecule has 2 aromatic rings. The summed E-state index contributed by atoms with van der Waals surface area (Å²) in [5.41, 5.74) is 2.49. The van der Waals surface area contributed by atoms with E-state index in [1.54, 1.807) is 0 Å². The van der Waals surface area contributed by atoms with E-state index in [0.29, 0.717) is 17.9 Å². The van der Waals surface area contributed by atoms with Gasteiger partial charge >= 0.3 is 0 Å². The van der Waals surface area contributed by atoms with E-state index >= 15 is 0 Å². The van der Waals surface area contributed by atoms with Gasteiger partial charge in [0, 0.05) is 31.7 Å². The van der Waals surface area contributed by atoms with Crippen LogP contribution in [0.1, 0.15) is 65.9 Å². The zero-order valence-electron chi connectivity index (χ0n) is 18.9. The van der Waals surface area contributed by atoms with Crippen LogP contribution < -0.4 is 4.74 Å². The van der Waals surface area contributed by atoms with Gasteiger partial charge in [-0.15, -0.1) is 0 Å². The van der Waals surface area contributed by atoms with E-state index in [9.17, 15) is 4.79 Å². The first kappa shape index (κ1) is 21.9. The Hall–Kier alpha value is -2.34. The molecule has 6 nitrogen and oxygen atoms in total. The molecule has 0 N–H and O–H groups in total. The number of carbonyl (C=O) groups is 1. The lowest BCUT2D eigenvalue weighted by molar-refractivity contribution is 0.0759. The highest BCUT2D eigenvalue weighted by Crippen LogP contribution is 2.25. The van der Waals surface area contributed by atoms with Crippen LogP contribution in [0.3, 0.4) is 0 Å². The van der Waals surface area contributed by atoms with Gasteiger partial charge in [0.15, 0.2) is 0 Å². The summed E-state index contributed by atoms with van der Waals surface area (Å²) in [7, 11) is 0. The van der Waals surface area contributed by atoms with Crippen LogP contribution in [0.5, 0.6) is 5.75 Å². The second-order valence-electron chi connectivity index (χ2n) is 9.07. The fourth-order valence-electron chi connectivity index (χ4n) is 4.86. The third-order valence-electron chi connectivity index (χ3n) is 6.76. The van der Waals surface area contributed by atoms with E-state index < -0.39 is 0 Å². The number of carbonyl (C=O) groups excluding carboxylic acids is 1. The Labute approximate surface area is 185 Å². The Kier molecular flexibility index (Phi) is 7.28. The van der Waals surface area contributed by atoms with Gasteiger partial charge in [-0.05, 0) is 63.8 Å². The minimum atomic E-state index is 0.0994. The average Bonchev–Trinajstić information content (AvgIpc) is 2.97. The van der Waals surface area contributed by atoms with E-state index in [1.165, 1.54) is 38.6 Å². The standard InChI is InChI=1S/C25H35N3O3/c1-19-24(20(2)31-26-19)18-30-23-11-6-10-22(16-23)25(29)28-13-7-12-27(14-15-28)17-21-8-4-3-5-9-21/h6,10-11,16,21H,3-5,7-9,12-15,17-18H2,1-2H3. The largest absolute Gasteiger partial charge is 0.489 e. The van der Waals surface area contributed by atoms with Crippen LogP contribution >= 0.6 is 0 Å². The van der Waals surface area contributed by atoms with Crippen LogP contribution in [0, 0.1) is 19.8 Å². The Morgan fingerprint density at radius 2 is 1.94 bits per heavy atom. The van der Waals surface area contributed by atoms with E-state index in [-0.39, 0.29) is 5.91 Å². The molecule has 2 heterocycles. The normalized spacial score (nSPS) is 18.7. The Bertz CT molecular complexity index is 853. The van der Waals surface area contributed by atoms with E-state index in [1.807, 2.05) is 43.0 Å². The van der Waals surface area contributed by atoms with Crippen molar-refractivity contribution in [2.75, 3.05) is 32.7 Å². The average molecular weight is 426 g/mol. The summed E-state index contributed by atoms with van der Waals surface area (Å²) in [4.78, 5) is 17.8. The summed E-state index contributed by atoms with van der Waals surface area (Å²) in [6.07, 6.45) is 7.97. The lowest BCUT2D eigenvalue weighted by atomic mass is 9.89. The molecule has 1 saturated heterocycles. The van der Waals surface area contributed by atoms with Crippen molar-refractivity contribution in [1.82, 2.24) is 15.0 Å². The maximum absolute atomic E-state index is 13.2. The first-order valence-corrected chi connectivity index (χ1v) is 11.8. The number of aromatic nitrogens is 1. The Morgan fingerprint density at radius 3 is 2.71 bits per heavy atom. The molecule has 1 aliphatic heterocycles. The van der Waals surface area contributed by atoms with Gasteiger partial charge in [0.05, 0.1) is 11.3 Å². The molecule has 2 aliphatic rings. The number of ether oxygens (including phenoxy) is 1. The molecule has 1 aromatic carbocycles. The summed E-state index contributed by atoms with van der Waals surface area (Å²) in [6, 6.07) is 7.52. The highest BCUT2D eigenvalue weighted by atomic mass is 16.5. The molecule has 168 valence electrons. The summed E-state index contributed by atoms with van der Waals surface area (Å²) in [5.74, 6) is 2.41. The van der Waals surface area contributed by atoms with Crippen LogP contribution in [0.25, 0.3) is 0 Å². The monoisotopic (exact) mass is 425 g/mol.